The van der Waals surface area contributed by atoms with Crippen molar-refractivity contribution in [2.24, 2.45) is 0 Å². The van der Waals surface area contributed by atoms with E-state index >= 15 is 0 Å². The smallest absolute Gasteiger partial charge is 0.137 e. The Morgan fingerprint density at radius 1 is 0.765 bits per heavy atom. The first-order chi connectivity index (χ1) is 8.28. The van der Waals surface area contributed by atoms with Crippen molar-refractivity contribution in [1.82, 2.24) is 0 Å². The zero-order chi connectivity index (χ0) is 12.9. The third-order valence-corrected chi connectivity index (χ3v) is 5.71. The van der Waals surface area contributed by atoms with Gasteiger partial charge in [-0.25, -0.2) is 0 Å². The lowest BCUT2D eigenvalue weighted by Crippen LogP contribution is -2.16. The summed E-state index contributed by atoms with van der Waals surface area (Å²) in [6.07, 6.45) is 0. The molecule has 9 heteroatoms. The summed E-state index contributed by atoms with van der Waals surface area (Å²) in [5.74, 6) is 0. The molecule has 0 aromatic rings. The molecule has 0 bridgehead atoms. The van der Waals surface area contributed by atoms with Gasteiger partial charge in [0.05, 0.1) is 39.6 Å². The minimum Gasteiger partial charge on any atom is -0.394 e. The second-order valence-electron chi connectivity index (χ2n) is 2.67. The third kappa shape index (κ3) is 10.4. The van der Waals surface area contributed by atoms with Gasteiger partial charge in [-0.05, 0) is 31.4 Å². The normalized spacial score (nSPS) is 14.8. The number of ether oxygens (including phenoxy) is 2. The van der Waals surface area contributed by atoms with Crippen LogP contribution in [-0.2, 0) is 9.47 Å². The van der Waals surface area contributed by atoms with Gasteiger partial charge in [0.2, 0.25) is 0 Å². The summed E-state index contributed by atoms with van der Waals surface area (Å²) in [6, 6.07) is 0. The van der Waals surface area contributed by atoms with Gasteiger partial charge in [-0.3, -0.25) is 0 Å². The molecule has 6 nitrogen and oxygen atoms in total. The predicted octanol–water partition coefficient (Wildman–Crippen LogP) is -0.329. The fourth-order valence-corrected chi connectivity index (χ4v) is 4.69. The lowest BCUT2D eigenvalue weighted by molar-refractivity contribution is 0.0456. The van der Waals surface area contributed by atoms with Gasteiger partial charge in [-0.2, -0.15) is 0 Å². The lowest BCUT2D eigenvalue weighted by Gasteiger charge is -2.16. The van der Waals surface area contributed by atoms with Crippen LogP contribution in [-0.4, -0.2) is 70.9 Å². The van der Waals surface area contributed by atoms with Crippen LogP contribution in [0.5, 0.6) is 0 Å². The third-order valence-electron chi connectivity index (χ3n) is 1.38. The molecule has 0 aliphatic carbocycles. The summed E-state index contributed by atoms with van der Waals surface area (Å²) in [7, 11) is 3.88. The minimum absolute atomic E-state index is 0.0895. The highest BCUT2D eigenvalue weighted by molar-refractivity contribution is 9.09. The zero-order valence-electron chi connectivity index (χ0n) is 9.23. The van der Waals surface area contributed by atoms with Crippen molar-refractivity contribution < 1.29 is 29.9 Å². The second kappa shape index (κ2) is 13.2. The average molecular weight is 306 g/mol. The summed E-state index contributed by atoms with van der Waals surface area (Å²) in [6.45, 7) is -0.137. The molecule has 0 aromatic heterocycles. The Bertz CT molecular complexity index is 148. The molecule has 0 fully saturated rings. The molecule has 0 aromatic carbocycles. The predicted molar refractivity (Wildman–Crippen MR) is 70.6 cm³/mol. The molecule has 17 heavy (non-hydrogen) atoms. The number of aliphatic hydroxyl groups excluding tert-OH is 4. The largest absolute Gasteiger partial charge is 0.394 e. The van der Waals surface area contributed by atoms with E-state index in [0.29, 0.717) is 0 Å². The number of rotatable bonds is 12. The number of hydrogen-bond donors (Lipinski definition) is 4. The van der Waals surface area contributed by atoms with Crippen LogP contribution < -0.4 is 0 Å². The van der Waals surface area contributed by atoms with Crippen LogP contribution in [0.2, 0.25) is 0 Å². The highest BCUT2D eigenvalue weighted by Gasteiger charge is 2.13. The minimum atomic E-state index is -0.420. The Morgan fingerprint density at radius 2 is 1.18 bits per heavy atom. The molecule has 2 atom stereocenters. The van der Waals surface area contributed by atoms with Gasteiger partial charge < -0.3 is 29.9 Å². The summed E-state index contributed by atoms with van der Waals surface area (Å²) >= 11 is 0. The van der Waals surface area contributed by atoms with Crippen LogP contribution in [0.15, 0.2) is 0 Å². The molecule has 0 radical (unpaired) electrons. The van der Waals surface area contributed by atoms with Crippen LogP contribution in [0, 0.1) is 0 Å². The van der Waals surface area contributed by atoms with Crippen LogP contribution in [0.4, 0.5) is 0 Å². The zero-order valence-corrected chi connectivity index (χ0v) is 11.7. The molecular formula is C8H18O6S3. The van der Waals surface area contributed by atoms with Gasteiger partial charge >= 0.3 is 0 Å². The van der Waals surface area contributed by atoms with Crippen molar-refractivity contribution in [3.63, 3.8) is 0 Å². The molecule has 0 amide bonds. The quantitative estimate of drug-likeness (QED) is 0.285. The van der Waals surface area contributed by atoms with Gasteiger partial charge in [-0.1, -0.05) is 0 Å². The molecule has 0 saturated carbocycles. The highest BCUT2D eigenvalue weighted by Crippen LogP contribution is 2.40. The van der Waals surface area contributed by atoms with E-state index in [2.05, 4.69) is 0 Å². The number of hydrogen-bond acceptors (Lipinski definition) is 9. The Kier molecular flexibility index (Phi) is 13.9. The topological polar surface area (TPSA) is 99.4 Å². The molecule has 0 saturated heterocycles. The van der Waals surface area contributed by atoms with E-state index in [1.807, 2.05) is 0 Å². The van der Waals surface area contributed by atoms with Gasteiger partial charge in [0.15, 0.2) is 0 Å². The molecule has 2 unspecified atom stereocenters. The fraction of sp³-hybridized carbons (Fsp3) is 1.00. The van der Waals surface area contributed by atoms with Gasteiger partial charge in [-0.15, -0.1) is 0 Å². The average Bonchev–Trinajstić information content (AvgIpc) is 2.37. The van der Waals surface area contributed by atoms with E-state index in [9.17, 15) is 0 Å². The SMILES string of the molecule is OCCOC(CO)SSSC(CO)OCCO. The maximum absolute atomic E-state index is 8.95. The van der Waals surface area contributed by atoms with E-state index in [1.54, 1.807) is 0 Å². The summed E-state index contributed by atoms with van der Waals surface area (Å²) in [5, 5.41) is 35.0. The van der Waals surface area contributed by atoms with Crippen molar-refractivity contribution in [3.05, 3.63) is 0 Å². The Hall–Kier alpha value is 0.810. The van der Waals surface area contributed by atoms with E-state index in [-0.39, 0.29) is 39.6 Å². The van der Waals surface area contributed by atoms with Gasteiger partial charge in [0, 0.05) is 0 Å². The van der Waals surface area contributed by atoms with Crippen molar-refractivity contribution in [2.45, 2.75) is 10.9 Å². The van der Waals surface area contributed by atoms with Crippen LogP contribution in [0.1, 0.15) is 0 Å². The molecular weight excluding hydrogens is 288 g/mol. The van der Waals surface area contributed by atoms with Crippen molar-refractivity contribution in [2.75, 3.05) is 39.6 Å². The summed E-state index contributed by atoms with van der Waals surface area (Å²) in [4.78, 5) is 0. The molecule has 0 spiro atoms. The fourth-order valence-electron chi connectivity index (χ4n) is 0.700. The molecule has 0 rings (SSSR count). The Morgan fingerprint density at radius 3 is 1.47 bits per heavy atom. The monoisotopic (exact) mass is 306 g/mol. The van der Waals surface area contributed by atoms with E-state index in [4.69, 9.17) is 29.9 Å². The first-order valence-electron chi connectivity index (χ1n) is 4.93. The van der Waals surface area contributed by atoms with Crippen molar-refractivity contribution >= 4 is 31.4 Å². The second-order valence-corrected chi connectivity index (χ2v) is 7.03. The van der Waals surface area contributed by atoms with Crippen LogP contribution in [0.25, 0.3) is 0 Å². The molecule has 0 aliphatic heterocycles. The lowest BCUT2D eigenvalue weighted by atomic mass is 10.7. The van der Waals surface area contributed by atoms with E-state index in [0.717, 1.165) is 0 Å². The Labute approximate surface area is 112 Å². The number of aliphatic hydroxyl groups is 4. The highest BCUT2D eigenvalue weighted by atomic mass is 33.5. The molecule has 4 N–H and O–H groups in total. The van der Waals surface area contributed by atoms with Crippen molar-refractivity contribution in [1.29, 1.82) is 0 Å². The first kappa shape index (κ1) is 17.8. The first-order valence-corrected chi connectivity index (χ1v) is 8.54. The van der Waals surface area contributed by atoms with Gasteiger partial charge in [0.25, 0.3) is 0 Å². The summed E-state index contributed by atoms with van der Waals surface area (Å²) < 4.78 is 10.2. The summed E-state index contributed by atoms with van der Waals surface area (Å²) in [5.41, 5.74) is -0.839. The Balaban J connectivity index is 3.61. The van der Waals surface area contributed by atoms with E-state index < -0.39 is 10.9 Å². The van der Waals surface area contributed by atoms with Crippen LogP contribution in [0.3, 0.4) is 0 Å². The molecule has 0 aliphatic rings. The standard InChI is InChI=1S/C8H18O6S3/c9-1-3-13-7(5-11)15-17-16-8(6-12)14-4-2-10/h7-12H,1-6H2. The van der Waals surface area contributed by atoms with Gasteiger partial charge in [0.1, 0.15) is 10.9 Å². The maximum Gasteiger partial charge on any atom is 0.137 e. The molecule has 0 heterocycles. The molecule has 104 valence electrons. The van der Waals surface area contributed by atoms with Crippen LogP contribution >= 0.6 is 31.4 Å². The van der Waals surface area contributed by atoms with E-state index in [1.165, 1.54) is 31.4 Å². The van der Waals surface area contributed by atoms with Crippen molar-refractivity contribution in [3.8, 4) is 0 Å². The maximum atomic E-state index is 8.95.